The van der Waals surface area contributed by atoms with Crippen LogP contribution in [-0.4, -0.2) is 52.8 Å². The lowest BCUT2D eigenvalue weighted by Crippen LogP contribution is -2.51. The molecule has 8 nitrogen and oxygen atoms in total. The Morgan fingerprint density at radius 3 is 2.47 bits per heavy atom. The van der Waals surface area contributed by atoms with Gasteiger partial charge in [-0.25, -0.2) is 8.78 Å². The second-order valence-electron chi connectivity index (χ2n) is 18.8. The molecule has 2 aliphatic heterocycles. The molecule has 0 spiro atoms. The second-order valence-corrected chi connectivity index (χ2v) is 19.2. The van der Waals surface area contributed by atoms with Gasteiger partial charge in [-0.3, -0.25) is 9.48 Å². The van der Waals surface area contributed by atoms with Crippen molar-refractivity contribution < 1.29 is 13.6 Å². The average Bonchev–Trinajstić information content (AvgIpc) is 3.75. The van der Waals surface area contributed by atoms with E-state index in [1.165, 1.54) is 5.56 Å². The minimum Gasteiger partial charge on any atom is -0.399 e. The fourth-order valence-electron chi connectivity index (χ4n) is 11.4. The summed E-state index contributed by atoms with van der Waals surface area (Å²) < 4.78 is 34.6. The lowest BCUT2D eigenvalue weighted by Gasteiger charge is -2.41. The van der Waals surface area contributed by atoms with E-state index in [4.69, 9.17) is 22.4 Å². The molecule has 64 heavy (non-hydrogen) atoms. The molecule has 4 aromatic carbocycles. The van der Waals surface area contributed by atoms with E-state index < -0.39 is 17.0 Å². The van der Waals surface area contributed by atoms with Crippen molar-refractivity contribution in [2.24, 2.45) is 24.6 Å². The third kappa shape index (κ3) is 7.70. The first kappa shape index (κ1) is 43.8. The Labute approximate surface area is 381 Å². The molecule has 2 atom stereocenters. The van der Waals surface area contributed by atoms with Gasteiger partial charge >= 0.3 is 0 Å². The fourth-order valence-corrected chi connectivity index (χ4v) is 11.6. The molecule has 3 heterocycles. The van der Waals surface area contributed by atoms with Gasteiger partial charge in [0.15, 0.2) is 5.82 Å². The number of hydrogen-bond acceptors (Lipinski definition) is 6. The molecule has 0 bridgehead atoms. The Morgan fingerprint density at radius 1 is 1.02 bits per heavy atom. The van der Waals surface area contributed by atoms with Crippen LogP contribution in [0.4, 0.5) is 14.6 Å². The number of fused-ring (bicyclic) bond motifs is 2. The molecular formula is C53H60ClF2N7O. The number of para-hydroxylation sites is 1. The Morgan fingerprint density at radius 2 is 1.77 bits per heavy atom. The smallest absolute Gasteiger partial charge is 0.225 e. The van der Waals surface area contributed by atoms with Crippen molar-refractivity contribution in [2.45, 2.75) is 89.0 Å². The SMILES string of the molecule is C=C1CCN(c2nn(C)c3c(CC4CC(C(=O)N5CCC(NCC6(c7ccccc7)Cc7cc(F)c(Cl)c(-c8c(C(=C)N)ccc(CCC)c8F)c7C6C)CC5)C4)cccc23)C(=C)N1. The number of aromatic nitrogens is 2. The van der Waals surface area contributed by atoms with Gasteiger partial charge in [-0.1, -0.05) is 106 Å². The van der Waals surface area contributed by atoms with Crippen LogP contribution in [-0.2, 0) is 36.5 Å². The first-order valence-electron chi connectivity index (χ1n) is 23.0. The van der Waals surface area contributed by atoms with E-state index in [0.717, 1.165) is 96.4 Å². The zero-order chi connectivity index (χ0) is 45.0. The van der Waals surface area contributed by atoms with Crippen molar-refractivity contribution >= 4 is 39.9 Å². The van der Waals surface area contributed by atoms with Crippen LogP contribution in [0.2, 0.25) is 5.02 Å². The lowest BCUT2D eigenvalue weighted by molar-refractivity contribution is -0.141. The molecule has 0 radical (unpaired) electrons. The number of benzene rings is 4. The molecule has 9 rings (SSSR count). The number of carbonyl (C=O) groups excluding carboxylic acids is 1. The van der Waals surface area contributed by atoms with Gasteiger partial charge in [0, 0.05) is 90.5 Å². The number of likely N-dealkylation sites (tertiary alicyclic amines) is 1. The number of halogens is 3. The Balaban J connectivity index is 0.869. The molecule has 5 aromatic rings. The van der Waals surface area contributed by atoms with E-state index >= 15 is 8.78 Å². The van der Waals surface area contributed by atoms with Crippen LogP contribution >= 0.6 is 11.6 Å². The van der Waals surface area contributed by atoms with Crippen molar-refractivity contribution in [2.75, 3.05) is 31.1 Å². The van der Waals surface area contributed by atoms with Crippen LogP contribution in [0.15, 0.2) is 98.0 Å². The standard InChI is InChI=1S/C53H60ClF2N7O/c1-7-12-36-17-18-42(33(4)57)46(49(36)56)47-45-32(3)53(40-14-9-8-10-15-40,29-39(45)28-44(55)48(47)54)30-58-41-20-22-62(23-21-41)52(64)38-26-35(27-38)25-37-13-11-16-43-50(37)61(6)60-51(43)63-24-19-31(2)59-34(63)5/h8-11,13-18,28,32,35,38,41,58-59H,2,4-5,7,12,19-27,29-30,57H2,1,3,6H3. The highest BCUT2D eigenvalue weighted by Gasteiger charge is 2.48. The molecule has 1 aromatic heterocycles. The van der Waals surface area contributed by atoms with Crippen molar-refractivity contribution in [3.8, 4) is 11.1 Å². The van der Waals surface area contributed by atoms with Crippen molar-refractivity contribution in [3.05, 3.63) is 148 Å². The Kier molecular flexibility index (Phi) is 12.0. The largest absolute Gasteiger partial charge is 0.399 e. The third-order valence-electron chi connectivity index (χ3n) is 14.9. The fraction of sp³-hybridized carbons (Fsp3) is 0.396. The van der Waals surface area contributed by atoms with Crippen LogP contribution in [0.25, 0.3) is 27.7 Å². The zero-order valence-corrected chi connectivity index (χ0v) is 38.1. The number of hydrogen-bond donors (Lipinski definition) is 3. The molecule has 2 saturated heterocycles. The van der Waals surface area contributed by atoms with E-state index in [9.17, 15) is 4.79 Å². The first-order valence-corrected chi connectivity index (χ1v) is 23.4. The highest BCUT2D eigenvalue weighted by Crippen LogP contribution is 2.55. The van der Waals surface area contributed by atoms with E-state index in [1.807, 2.05) is 36.9 Å². The normalized spacial score (nSPS) is 22.4. The predicted octanol–water partition coefficient (Wildman–Crippen LogP) is 10.3. The minimum absolute atomic E-state index is 0.0525. The second kappa shape index (κ2) is 17.5. The summed E-state index contributed by atoms with van der Waals surface area (Å²) in [6, 6.07) is 22.1. The van der Waals surface area contributed by atoms with Crippen LogP contribution in [0.3, 0.4) is 0 Å². The number of rotatable bonds is 12. The summed E-state index contributed by atoms with van der Waals surface area (Å²) in [6.07, 6.45) is 7.05. The molecule has 1 amide bonds. The zero-order valence-electron chi connectivity index (χ0n) is 37.4. The molecule has 1 saturated carbocycles. The monoisotopic (exact) mass is 883 g/mol. The van der Waals surface area contributed by atoms with Crippen LogP contribution in [0, 0.1) is 23.5 Å². The van der Waals surface area contributed by atoms with Gasteiger partial charge in [0.25, 0.3) is 0 Å². The predicted molar refractivity (Wildman–Crippen MR) is 256 cm³/mol. The van der Waals surface area contributed by atoms with Gasteiger partial charge in [-0.15, -0.1) is 0 Å². The van der Waals surface area contributed by atoms with Crippen LogP contribution in [0.5, 0.6) is 0 Å². The van der Waals surface area contributed by atoms with Gasteiger partial charge in [-0.2, -0.15) is 5.10 Å². The number of nitrogens with zero attached hydrogens (tertiary/aromatic N) is 4. The number of aryl methyl sites for hydroxylation is 2. The van der Waals surface area contributed by atoms with Crippen molar-refractivity contribution in [3.63, 3.8) is 0 Å². The molecule has 4 aliphatic rings. The summed E-state index contributed by atoms with van der Waals surface area (Å²) in [4.78, 5) is 18.1. The summed E-state index contributed by atoms with van der Waals surface area (Å²) in [5.74, 6) is 1.31. The maximum Gasteiger partial charge on any atom is 0.225 e. The van der Waals surface area contributed by atoms with Gasteiger partial charge in [0.2, 0.25) is 5.91 Å². The lowest BCUT2D eigenvalue weighted by atomic mass is 9.70. The van der Waals surface area contributed by atoms with Gasteiger partial charge in [0.05, 0.1) is 10.5 Å². The molecule has 2 aliphatic carbocycles. The first-order chi connectivity index (χ1) is 30.8. The van der Waals surface area contributed by atoms with Gasteiger partial charge in [0.1, 0.15) is 17.5 Å². The summed E-state index contributed by atoms with van der Waals surface area (Å²) >= 11 is 6.90. The van der Waals surface area contributed by atoms with E-state index in [0.29, 0.717) is 55.1 Å². The number of piperidine rings is 1. The minimum atomic E-state index is -0.576. The highest BCUT2D eigenvalue weighted by molar-refractivity contribution is 6.34. The number of nitrogens with one attached hydrogen (secondary N) is 2. The average molecular weight is 885 g/mol. The van der Waals surface area contributed by atoms with E-state index in [1.54, 1.807) is 18.2 Å². The Hall–Kier alpha value is -5.45. The summed E-state index contributed by atoms with van der Waals surface area (Å²) in [5.41, 5.74) is 13.7. The summed E-state index contributed by atoms with van der Waals surface area (Å²) in [5, 5.41) is 13.1. The highest BCUT2D eigenvalue weighted by atomic mass is 35.5. The van der Waals surface area contributed by atoms with Crippen LogP contribution < -0.4 is 21.3 Å². The van der Waals surface area contributed by atoms with E-state index in [-0.39, 0.29) is 40.1 Å². The molecule has 334 valence electrons. The van der Waals surface area contributed by atoms with Gasteiger partial charge in [-0.05, 0) is 96.7 Å². The summed E-state index contributed by atoms with van der Waals surface area (Å²) in [6.45, 7) is 19.2. The third-order valence-corrected chi connectivity index (χ3v) is 15.2. The van der Waals surface area contributed by atoms with Crippen molar-refractivity contribution in [1.29, 1.82) is 0 Å². The Bertz CT molecular complexity index is 2660. The number of carbonyl (C=O) groups is 1. The van der Waals surface area contributed by atoms with Crippen molar-refractivity contribution in [1.82, 2.24) is 25.3 Å². The van der Waals surface area contributed by atoms with E-state index in [2.05, 4.69) is 77.4 Å². The van der Waals surface area contributed by atoms with Gasteiger partial charge < -0.3 is 26.2 Å². The molecule has 4 N–H and O–H groups in total. The topological polar surface area (TPSA) is 91.5 Å². The number of amides is 1. The maximum absolute atomic E-state index is 16.7. The molecule has 11 heteroatoms. The quantitative estimate of drug-likeness (QED) is 0.116. The molecular weight excluding hydrogens is 824 g/mol. The molecule has 3 fully saturated rings. The maximum atomic E-state index is 16.7. The number of nitrogens with two attached hydrogens (primary N) is 1. The number of anilines is 1. The summed E-state index contributed by atoms with van der Waals surface area (Å²) in [7, 11) is 2.01. The van der Waals surface area contributed by atoms with Crippen LogP contribution in [0.1, 0.15) is 91.7 Å². The molecule has 2 unspecified atom stereocenters.